The highest BCUT2D eigenvalue weighted by Gasteiger charge is 2.32. The minimum absolute atomic E-state index is 0.0566. The van der Waals surface area contributed by atoms with Crippen LogP contribution in [-0.4, -0.2) is 9.97 Å². The Morgan fingerprint density at radius 2 is 1.75 bits per heavy atom. The first-order valence-corrected chi connectivity index (χ1v) is 10.1. The van der Waals surface area contributed by atoms with E-state index in [1.165, 1.54) is 23.5 Å². The molecule has 4 rings (SSSR count). The summed E-state index contributed by atoms with van der Waals surface area (Å²) < 4.78 is 39.4. The second kappa shape index (κ2) is 7.44. The smallest absolute Gasteiger partial charge is 0.301 e. The summed E-state index contributed by atoms with van der Waals surface area (Å²) in [4.78, 5) is 20.3. The highest BCUT2D eigenvalue weighted by molar-refractivity contribution is 7.98. The summed E-state index contributed by atoms with van der Waals surface area (Å²) in [5.41, 5.74) is 0.901. The Hall–Kier alpha value is -2.58. The van der Waals surface area contributed by atoms with Crippen molar-refractivity contribution >= 4 is 33.3 Å². The SMILES string of the molecule is O=c1[nH]c(SCc2ccccc2C(F)(F)F)nc2scc(-c3ccccc3)c12. The molecule has 3 nitrogen and oxygen atoms in total. The molecule has 0 bridgehead atoms. The van der Waals surface area contributed by atoms with Crippen LogP contribution in [0.4, 0.5) is 13.2 Å². The van der Waals surface area contributed by atoms with E-state index < -0.39 is 11.7 Å². The molecule has 28 heavy (non-hydrogen) atoms. The largest absolute Gasteiger partial charge is 0.416 e. The van der Waals surface area contributed by atoms with Crippen molar-refractivity contribution in [1.82, 2.24) is 9.97 Å². The van der Waals surface area contributed by atoms with Crippen molar-refractivity contribution in [3.05, 3.63) is 81.5 Å². The highest BCUT2D eigenvalue weighted by Crippen LogP contribution is 2.35. The summed E-state index contributed by atoms with van der Waals surface area (Å²) in [7, 11) is 0. The first-order valence-electron chi connectivity index (χ1n) is 8.28. The minimum atomic E-state index is -4.42. The molecule has 0 atom stereocenters. The summed E-state index contributed by atoms with van der Waals surface area (Å²) in [6.07, 6.45) is -4.42. The predicted molar refractivity (Wildman–Crippen MR) is 107 cm³/mol. The Morgan fingerprint density at radius 3 is 2.50 bits per heavy atom. The fourth-order valence-electron chi connectivity index (χ4n) is 2.90. The van der Waals surface area contributed by atoms with Crippen LogP contribution in [0.1, 0.15) is 11.1 Å². The number of H-pyrrole nitrogens is 1. The molecule has 8 heteroatoms. The van der Waals surface area contributed by atoms with Gasteiger partial charge in [-0.2, -0.15) is 13.2 Å². The van der Waals surface area contributed by atoms with Gasteiger partial charge in [0.05, 0.1) is 10.9 Å². The summed E-state index contributed by atoms with van der Waals surface area (Å²) in [5, 5.41) is 2.67. The number of benzene rings is 2. The molecule has 0 aliphatic rings. The third-order valence-electron chi connectivity index (χ3n) is 4.19. The van der Waals surface area contributed by atoms with E-state index in [-0.39, 0.29) is 16.9 Å². The predicted octanol–water partition coefficient (Wildman–Crippen LogP) is 5.96. The van der Waals surface area contributed by atoms with Gasteiger partial charge in [0.15, 0.2) is 5.16 Å². The van der Waals surface area contributed by atoms with Crippen molar-refractivity contribution in [1.29, 1.82) is 0 Å². The second-order valence-corrected chi connectivity index (χ2v) is 7.83. The summed E-state index contributed by atoms with van der Waals surface area (Å²) in [6.45, 7) is 0. The van der Waals surface area contributed by atoms with Crippen LogP contribution in [0, 0.1) is 0 Å². The molecule has 2 aromatic heterocycles. The molecule has 0 aliphatic heterocycles. The maximum atomic E-state index is 13.1. The van der Waals surface area contributed by atoms with Gasteiger partial charge in [-0.25, -0.2) is 4.98 Å². The zero-order valence-electron chi connectivity index (χ0n) is 14.3. The van der Waals surface area contributed by atoms with Gasteiger partial charge >= 0.3 is 6.18 Å². The van der Waals surface area contributed by atoms with Gasteiger partial charge in [0.25, 0.3) is 5.56 Å². The number of hydrogen-bond donors (Lipinski definition) is 1. The van der Waals surface area contributed by atoms with E-state index in [2.05, 4.69) is 9.97 Å². The number of rotatable bonds is 4. The number of nitrogens with one attached hydrogen (secondary N) is 1. The molecule has 0 radical (unpaired) electrons. The summed E-state index contributed by atoms with van der Waals surface area (Å²) in [5.74, 6) is 0.0566. The molecular formula is C20H13F3N2OS2. The van der Waals surface area contributed by atoms with Gasteiger partial charge in [-0.1, -0.05) is 60.3 Å². The van der Waals surface area contributed by atoms with E-state index in [0.29, 0.717) is 15.4 Å². The van der Waals surface area contributed by atoms with Crippen LogP contribution in [0.15, 0.2) is 69.9 Å². The Labute approximate surface area is 166 Å². The fraction of sp³-hybridized carbons (Fsp3) is 0.100. The quantitative estimate of drug-likeness (QED) is 0.328. The van der Waals surface area contributed by atoms with Crippen molar-refractivity contribution in [2.24, 2.45) is 0 Å². The number of nitrogens with zero attached hydrogens (tertiary/aromatic N) is 1. The Morgan fingerprint density at radius 1 is 1.04 bits per heavy atom. The molecule has 142 valence electrons. The van der Waals surface area contributed by atoms with Crippen LogP contribution in [0.2, 0.25) is 0 Å². The monoisotopic (exact) mass is 418 g/mol. The summed E-state index contributed by atoms with van der Waals surface area (Å²) in [6, 6.07) is 14.9. The molecule has 0 unspecified atom stereocenters. The van der Waals surface area contributed by atoms with Crippen molar-refractivity contribution in [3.63, 3.8) is 0 Å². The van der Waals surface area contributed by atoms with Crippen molar-refractivity contribution in [2.45, 2.75) is 17.1 Å². The lowest BCUT2D eigenvalue weighted by molar-refractivity contribution is -0.138. The molecule has 0 spiro atoms. The number of alkyl halides is 3. The van der Waals surface area contributed by atoms with E-state index in [1.807, 2.05) is 35.7 Å². The van der Waals surface area contributed by atoms with Gasteiger partial charge in [0.2, 0.25) is 0 Å². The maximum absolute atomic E-state index is 13.1. The fourth-order valence-corrected chi connectivity index (χ4v) is 4.77. The van der Waals surface area contributed by atoms with Gasteiger partial charge in [-0.3, -0.25) is 4.79 Å². The first-order chi connectivity index (χ1) is 13.4. The summed E-state index contributed by atoms with van der Waals surface area (Å²) >= 11 is 2.42. The van der Waals surface area contributed by atoms with Crippen molar-refractivity contribution in [2.75, 3.05) is 0 Å². The van der Waals surface area contributed by atoms with Crippen LogP contribution in [0.5, 0.6) is 0 Å². The number of thiophene rings is 1. The lowest BCUT2D eigenvalue weighted by atomic mass is 10.1. The number of aromatic amines is 1. The topological polar surface area (TPSA) is 45.8 Å². The maximum Gasteiger partial charge on any atom is 0.416 e. The first kappa shape index (κ1) is 18.8. The van der Waals surface area contributed by atoms with Gasteiger partial charge in [0, 0.05) is 16.7 Å². The van der Waals surface area contributed by atoms with Crippen LogP contribution >= 0.6 is 23.1 Å². The van der Waals surface area contributed by atoms with Crippen LogP contribution in [0.25, 0.3) is 21.3 Å². The number of halogens is 3. The van der Waals surface area contributed by atoms with Gasteiger partial charge in [-0.05, 0) is 17.2 Å². The van der Waals surface area contributed by atoms with E-state index in [9.17, 15) is 18.0 Å². The molecule has 0 saturated heterocycles. The van der Waals surface area contributed by atoms with Gasteiger partial charge in [-0.15, -0.1) is 11.3 Å². The zero-order valence-corrected chi connectivity index (χ0v) is 15.9. The van der Waals surface area contributed by atoms with E-state index in [1.54, 1.807) is 6.07 Å². The van der Waals surface area contributed by atoms with Crippen LogP contribution in [0.3, 0.4) is 0 Å². The molecular weight excluding hydrogens is 405 g/mol. The number of thioether (sulfide) groups is 1. The molecule has 0 fully saturated rings. The van der Waals surface area contributed by atoms with Gasteiger partial charge < -0.3 is 4.98 Å². The molecule has 0 aliphatic carbocycles. The normalized spacial score (nSPS) is 11.8. The van der Waals surface area contributed by atoms with E-state index in [0.717, 1.165) is 29.0 Å². The average Bonchev–Trinajstić information content (AvgIpc) is 3.11. The number of aromatic nitrogens is 2. The van der Waals surface area contributed by atoms with E-state index in [4.69, 9.17) is 0 Å². The average molecular weight is 418 g/mol. The molecule has 0 saturated carbocycles. The molecule has 2 heterocycles. The lowest BCUT2D eigenvalue weighted by Crippen LogP contribution is -2.10. The molecule has 2 aromatic carbocycles. The van der Waals surface area contributed by atoms with Crippen molar-refractivity contribution in [3.8, 4) is 11.1 Å². The molecule has 1 N–H and O–H groups in total. The second-order valence-electron chi connectivity index (χ2n) is 6.01. The number of hydrogen-bond acceptors (Lipinski definition) is 4. The minimum Gasteiger partial charge on any atom is -0.301 e. The Kier molecular flexibility index (Phi) is 4.99. The highest BCUT2D eigenvalue weighted by atomic mass is 32.2. The van der Waals surface area contributed by atoms with Crippen LogP contribution in [-0.2, 0) is 11.9 Å². The third-order valence-corrected chi connectivity index (χ3v) is 5.99. The Balaban J connectivity index is 1.65. The van der Waals surface area contributed by atoms with Crippen molar-refractivity contribution < 1.29 is 13.2 Å². The lowest BCUT2D eigenvalue weighted by Gasteiger charge is -2.12. The third kappa shape index (κ3) is 3.70. The van der Waals surface area contributed by atoms with Gasteiger partial charge in [0.1, 0.15) is 4.83 Å². The Bertz CT molecular complexity index is 1180. The van der Waals surface area contributed by atoms with Crippen LogP contribution < -0.4 is 5.56 Å². The molecule has 0 amide bonds. The van der Waals surface area contributed by atoms with E-state index >= 15 is 0 Å². The number of fused-ring (bicyclic) bond motifs is 1. The standard InChI is InChI=1S/C20H13F3N2OS2/c21-20(22,23)15-9-5-4-8-13(15)10-28-19-24-17(26)16-14(11-27-18(16)25-19)12-6-2-1-3-7-12/h1-9,11H,10H2,(H,24,25,26). The zero-order chi connectivity index (χ0) is 19.7. The molecule has 4 aromatic rings.